The van der Waals surface area contributed by atoms with Gasteiger partial charge in [0.1, 0.15) is 5.69 Å². The van der Waals surface area contributed by atoms with Crippen LogP contribution >= 0.6 is 11.8 Å². The molecule has 1 aliphatic carbocycles. The van der Waals surface area contributed by atoms with Gasteiger partial charge < -0.3 is 5.73 Å². The van der Waals surface area contributed by atoms with E-state index in [1.807, 2.05) is 0 Å². The van der Waals surface area contributed by atoms with E-state index in [1.54, 1.807) is 0 Å². The van der Waals surface area contributed by atoms with Gasteiger partial charge >= 0.3 is 6.18 Å². The van der Waals surface area contributed by atoms with Crippen molar-refractivity contribution in [2.45, 2.75) is 48.9 Å². The molecule has 1 fully saturated rings. The molecule has 1 aromatic heterocycles. The second-order valence-electron chi connectivity index (χ2n) is 5.12. The summed E-state index contributed by atoms with van der Waals surface area (Å²) in [5, 5.41) is 0.356. The Kier molecular flexibility index (Phi) is 4.28. The average Bonchev–Trinajstić information content (AvgIpc) is 2.30. The predicted molar refractivity (Wildman–Crippen MR) is 70.9 cm³/mol. The first kappa shape index (κ1) is 14.5. The summed E-state index contributed by atoms with van der Waals surface area (Å²) in [4.78, 5) is 3.86. The van der Waals surface area contributed by atoms with Gasteiger partial charge in [-0.2, -0.15) is 13.2 Å². The summed E-state index contributed by atoms with van der Waals surface area (Å²) in [6, 6.07) is 1.07. The zero-order valence-electron chi connectivity index (χ0n) is 10.7. The zero-order chi connectivity index (χ0) is 14.0. The first-order valence-electron chi connectivity index (χ1n) is 6.35. The predicted octanol–water partition coefficient (Wildman–Crippen LogP) is 4.35. The number of pyridine rings is 1. The van der Waals surface area contributed by atoms with Gasteiger partial charge in [-0.15, -0.1) is 11.8 Å². The van der Waals surface area contributed by atoms with E-state index in [-0.39, 0.29) is 0 Å². The molecule has 0 saturated heterocycles. The molecule has 0 radical (unpaired) electrons. The van der Waals surface area contributed by atoms with Crippen molar-refractivity contribution >= 4 is 17.4 Å². The van der Waals surface area contributed by atoms with Crippen LogP contribution in [0.2, 0.25) is 0 Å². The smallest absolute Gasteiger partial charge is 0.397 e. The zero-order valence-corrected chi connectivity index (χ0v) is 11.5. The van der Waals surface area contributed by atoms with Crippen molar-refractivity contribution in [2.24, 2.45) is 5.92 Å². The standard InChI is InChI=1S/C13H17F3N2S/c1-8-3-2-4-9(5-8)19-11-6-12(13(14,15)16)18-7-10(11)17/h6-9H,2-5,17H2,1H3. The Morgan fingerprint density at radius 2 is 2.11 bits per heavy atom. The van der Waals surface area contributed by atoms with Gasteiger partial charge in [-0.3, -0.25) is 0 Å². The van der Waals surface area contributed by atoms with Gasteiger partial charge in [0.2, 0.25) is 0 Å². The highest BCUT2D eigenvalue weighted by molar-refractivity contribution is 8.00. The molecule has 0 aromatic carbocycles. The summed E-state index contributed by atoms with van der Waals surface area (Å²) in [6.45, 7) is 2.18. The number of anilines is 1. The lowest BCUT2D eigenvalue weighted by molar-refractivity contribution is -0.141. The summed E-state index contributed by atoms with van der Waals surface area (Å²) >= 11 is 1.46. The molecular weight excluding hydrogens is 273 g/mol. The third-order valence-corrected chi connectivity index (χ3v) is 4.74. The Bertz CT molecular complexity index is 448. The van der Waals surface area contributed by atoms with Crippen LogP contribution in [0.1, 0.15) is 38.3 Å². The Hall–Kier alpha value is -0.910. The lowest BCUT2D eigenvalue weighted by Gasteiger charge is -2.26. The second-order valence-corrected chi connectivity index (χ2v) is 6.46. The highest BCUT2D eigenvalue weighted by atomic mass is 32.2. The van der Waals surface area contributed by atoms with Gasteiger partial charge in [0.05, 0.1) is 11.9 Å². The Morgan fingerprint density at radius 1 is 1.37 bits per heavy atom. The molecule has 2 N–H and O–H groups in total. The Morgan fingerprint density at radius 3 is 2.74 bits per heavy atom. The molecule has 1 heterocycles. The number of alkyl halides is 3. The van der Waals surface area contributed by atoms with Crippen LogP contribution in [0, 0.1) is 5.92 Å². The number of hydrogen-bond donors (Lipinski definition) is 1. The second kappa shape index (κ2) is 5.61. The van der Waals surface area contributed by atoms with Crippen LogP contribution in [-0.4, -0.2) is 10.2 Å². The highest BCUT2D eigenvalue weighted by Crippen LogP contribution is 2.39. The molecule has 0 bridgehead atoms. The molecule has 1 aromatic rings. The first-order chi connectivity index (χ1) is 8.86. The van der Waals surface area contributed by atoms with E-state index in [4.69, 9.17) is 5.73 Å². The van der Waals surface area contributed by atoms with Crippen molar-refractivity contribution < 1.29 is 13.2 Å². The molecule has 1 aliphatic rings. The van der Waals surface area contributed by atoms with E-state index in [1.165, 1.54) is 18.2 Å². The van der Waals surface area contributed by atoms with Crippen molar-refractivity contribution in [3.8, 4) is 0 Å². The fourth-order valence-corrected chi connectivity index (χ4v) is 3.81. The number of thioether (sulfide) groups is 1. The molecule has 6 heteroatoms. The Labute approximate surface area is 115 Å². The van der Waals surface area contributed by atoms with Crippen LogP contribution in [0.3, 0.4) is 0 Å². The number of halogens is 3. The molecule has 0 aliphatic heterocycles. The fraction of sp³-hybridized carbons (Fsp3) is 0.615. The lowest BCUT2D eigenvalue weighted by atomic mass is 9.91. The molecule has 0 spiro atoms. The minimum atomic E-state index is -4.41. The third-order valence-electron chi connectivity index (χ3n) is 3.37. The van der Waals surface area contributed by atoms with Gasteiger partial charge in [-0.05, 0) is 24.8 Å². The number of rotatable bonds is 2. The van der Waals surface area contributed by atoms with Crippen LogP contribution < -0.4 is 5.73 Å². The van der Waals surface area contributed by atoms with Crippen LogP contribution in [0.15, 0.2) is 17.2 Å². The molecule has 19 heavy (non-hydrogen) atoms. The van der Waals surface area contributed by atoms with E-state index in [9.17, 15) is 13.2 Å². The largest absolute Gasteiger partial charge is 0.433 e. The molecule has 2 atom stereocenters. The normalized spacial score (nSPS) is 24.4. The SMILES string of the molecule is CC1CCCC(Sc2cc(C(F)(F)F)ncc2N)C1. The topological polar surface area (TPSA) is 38.9 Å². The lowest BCUT2D eigenvalue weighted by Crippen LogP contribution is -2.15. The van der Waals surface area contributed by atoms with Crippen molar-refractivity contribution in [3.63, 3.8) is 0 Å². The van der Waals surface area contributed by atoms with E-state index >= 15 is 0 Å². The van der Waals surface area contributed by atoms with Crippen molar-refractivity contribution in [2.75, 3.05) is 5.73 Å². The summed E-state index contributed by atoms with van der Waals surface area (Å²) in [5.74, 6) is 0.636. The minimum absolute atomic E-state index is 0.330. The maximum Gasteiger partial charge on any atom is 0.433 e. The highest BCUT2D eigenvalue weighted by Gasteiger charge is 2.33. The number of nitrogen functional groups attached to an aromatic ring is 1. The van der Waals surface area contributed by atoms with Crippen LogP contribution in [0.5, 0.6) is 0 Å². The molecule has 1 saturated carbocycles. The van der Waals surface area contributed by atoms with E-state index in [0.717, 1.165) is 31.5 Å². The minimum Gasteiger partial charge on any atom is -0.397 e. The van der Waals surface area contributed by atoms with Gasteiger partial charge in [-0.25, -0.2) is 4.98 Å². The average molecular weight is 290 g/mol. The maximum atomic E-state index is 12.6. The van der Waals surface area contributed by atoms with Crippen LogP contribution in [0.25, 0.3) is 0 Å². The summed E-state index contributed by atoms with van der Waals surface area (Å²) in [7, 11) is 0. The number of nitrogens with two attached hydrogens (primary N) is 1. The summed E-state index contributed by atoms with van der Waals surface area (Å²) in [6.07, 6.45) is 1.11. The molecule has 106 valence electrons. The number of hydrogen-bond acceptors (Lipinski definition) is 3. The first-order valence-corrected chi connectivity index (χ1v) is 7.23. The number of nitrogens with zero attached hydrogens (tertiary/aromatic N) is 1. The molecule has 0 amide bonds. The van der Waals surface area contributed by atoms with E-state index in [2.05, 4.69) is 11.9 Å². The van der Waals surface area contributed by atoms with Crippen LogP contribution in [0.4, 0.5) is 18.9 Å². The molecular formula is C13H17F3N2S. The van der Waals surface area contributed by atoms with Crippen molar-refractivity contribution in [1.82, 2.24) is 4.98 Å². The molecule has 2 unspecified atom stereocenters. The van der Waals surface area contributed by atoms with Crippen LogP contribution in [-0.2, 0) is 6.18 Å². The summed E-state index contributed by atoms with van der Waals surface area (Å²) in [5.41, 5.74) is 5.20. The van der Waals surface area contributed by atoms with E-state index in [0.29, 0.717) is 21.8 Å². The Balaban J connectivity index is 2.15. The number of aromatic nitrogens is 1. The van der Waals surface area contributed by atoms with Gasteiger partial charge in [-0.1, -0.05) is 19.8 Å². The van der Waals surface area contributed by atoms with Gasteiger partial charge in [0.25, 0.3) is 0 Å². The van der Waals surface area contributed by atoms with E-state index < -0.39 is 11.9 Å². The fourth-order valence-electron chi connectivity index (χ4n) is 2.37. The third kappa shape index (κ3) is 3.78. The molecule has 2 nitrogen and oxygen atoms in total. The maximum absolute atomic E-state index is 12.6. The van der Waals surface area contributed by atoms with Crippen molar-refractivity contribution in [1.29, 1.82) is 0 Å². The van der Waals surface area contributed by atoms with Crippen molar-refractivity contribution in [3.05, 3.63) is 18.0 Å². The van der Waals surface area contributed by atoms with Gasteiger partial charge in [0, 0.05) is 10.1 Å². The quantitative estimate of drug-likeness (QED) is 0.880. The van der Waals surface area contributed by atoms with Gasteiger partial charge in [0.15, 0.2) is 0 Å². The summed E-state index contributed by atoms with van der Waals surface area (Å²) < 4.78 is 37.9. The monoisotopic (exact) mass is 290 g/mol. The molecule has 2 rings (SSSR count).